The van der Waals surface area contributed by atoms with Crippen LogP contribution < -0.4 is 5.32 Å². The molecule has 20 heavy (non-hydrogen) atoms. The summed E-state index contributed by atoms with van der Waals surface area (Å²) in [5.41, 5.74) is 1.55. The molecule has 2 rings (SSSR count). The van der Waals surface area contributed by atoms with E-state index in [0.29, 0.717) is 18.2 Å². The minimum atomic E-state index is -0.570. The fourth-order valence-corrected chi connectivity index (χ4v) is 2.28. The van der Waals surface area contributed by atoms with Crippen LogP contribution in [0, 0.1) is 11.6 Å². The van der Waals surface area contributed by atoms with Gasteiger partial charge in [-0.15, -0.1) is 0 Å². The van der Waals surface area contributed by atoms with E-state index in [2.05, 4.69) is 35.1 Å². The van der Waals surface area contributed by atoms with Crippen LogP contribution in [0.5, 0.6) is 0 Å². The first kappa shape index (κ1) is 15.1. The number of hydrogen-bond donors (Lipinski definition) is 1. The van der Waals surface area contributed by atoms with Crippen LogP contribution >= 0.6 is 15.9 Å². The lowest BCUT2D eigenvalue weighted by Gasteiger charge is -2.11. The van der Waals surface area contributed by atoms with E-state index in [4.69, 9.17) is 0 Å². The lowest BCUT2D eigenvalue weighted by Crippen LogP contribution is -2.21. The van der Waals surface area contributed by atoms with Gasteiger partial charge in [-0.3, -0.25) is 0 Å². The molecule has 1 nitrogen and oxygen atoms in total. The minimum absolute atomic E-state index is 0.00534. The predicted molar refractivity (Wildman–Crippen MR) is 81.5 cm³/mol. The fourth-order valence-electron chi connectivity index (χ4n) is 1.95. The average Bonchev–Trinajstić information content (AvgIpc) is 2.42. The maximum Gasteiger partial charge on any atom is 0.148 e. The normalized spacial score (nSPS) is 11.1. The highest BCUT2D eigenvalue weighted by Crippen LogP contribution is 2.31. The van der Waals surface area contributed by atoms with Crippen molar-refractivity contribution in [3.05, 3.63) is 58.1 Å². The Kier molecular flexibility index (Phi) is 4.89. The molecule has 0 amide bonds. The Morgan fingerprint density at radius 2 is 1.90 bits per heavy atom. The van der Waals surface area contributed by atoms with Crippen LogP contribution in [0.25, 0.3) is 11.1 Å². The van der Waals surface area contributed by atoms with Gasteiger partial charge in [-0.2, -0.15) is 0 Å². The molecule has 0 unspecified atom stereocenters. The van der Waals surface area contributed by atoms with Crippen LogP contribution in [0.1, 0.15) is 19.4 Å². The van der Waals surface area contributed by atoms with E-state index in [9.17, 15) is 8.78 Å². The van der Waals surface area contributed by atoms with Crippen molar-refractivity contribution in [2.75, 3.05) is 0 Å². The number of rotatable bonds is 4. The molecule has 1 N–H and O–H groups in total. The first-order valence-electron chi connectivity index (χ1n) is 6.45. The summed E-state index contributed by atoms with van der Waals surface area (Å²) in [5.74, 6) is -1.13. The van der Waals surface area contributed by atoms with E-state index < -0.39 is 11.6 Å². The summed E-state index contributed by atoms with van der Waals surface area (Å²) in [7, 11) is 0. The Morgan fingerprint density at radius 1 is 1.15 bits per heavy atom. The number of nitrogens with one attached hydrogen (secondary N) is 1. The Balaban J connectivity index is 2.39. The van der Waals surface area contributed by atoms with Crippen LogP contribution in [-0.2, 0) is 6.54 Å². The molecule has 0 bridgehead atoms. The highest BCUT2D eigenvalue weighted by Gasteiger charge is 2.14. The molecular formula is C16H16BrF2N. The van der Waals surface area contributed by atoms with Gasteiger partial charge >= 0.3 is 0 Å². The van der Waals surface area contributed by atoms with Crippen molar-refractivity contribution in [1.29, 1.82) is 0 Å². The molecule has 2 aromatic carbocycles. The molecule has 0 spiro atoms. The zero-order chi connectivity index (χ0) is 14.7. The molecule has 0 saturated heterocycles. The molecule has 0 heterocycles. The van der Waals surface area contributed by atoms with Gasteiger partial charge in [0, 0.05) is 12.6 Å². The standard InChI is InChI=1S/C16H16BrF2N/c1-10(2)20-9-11-4-3-5-12(8-11)15-14(18)7-6-13(17)16(15)19/h3-8,10,20H,9H2,1-2H3. The Labute approximate surface area is 126 Å². The minimum Gasteiger partial charge on any atom is -0.310 e. The molecule has 106 valence electrons. The molecule has 0 aliphatic carbocycles. The molecule has 0 saturated carbocycles. The second-order valence-corrected chi connectivity index (χ2v) is 5.81. The molecular weight excluding hydrogens is 324 g/mol. The Morgan fingerprint density at radius 3 is 2.60 bits per heavy atom. The van der Waals surface area contributed by atoms with Gasteiger partial charge in [-0.25, -0.2) is 8.78 Å². The zero-order valence-electron chi connectivity index (χ0n) is 11.4. The van der Waals surface area contributed by atoms with Crippen LogP contribution in [-0.4, -0.2) is 6.04 Å². The summed E-state index contributed by atoms with van der Waals surface area (Å²) < 4.78 is 28.2. The molecule has 0 aromatic heterocycles. The van der Waals surface area contributed by atoms with Gasteiger partial charge in [0.2, 0.25) is 0 Å². The van der Waals surface area contributed by atoms with E-state index in [1.807, 2.05) is 18.2 Å². The maximum atomic E-state index is 14.1. The summed E-state index contributed by atoms with van der Waals surface area (Å²) in [6.45, 7) is 4.78. The fraction of sp³-hybridized carbons (Fsp3) is 0.250. The van der Waals surface area contributed by atoms with Crippen LogP contribution in [0.4, 0.5) is 8.78 Å². The highest BCUT2D eigenvalue weighted by molar-refractivity contribution is 9.10. The second kappa shape index (κ2) is 6.46. The maximum absolute atomic E-state index is 14.1. The van der Waals surface area contributed by atoms with E-state index in [-0.39, 0.29) is 10.0 Å². The van der Waals surface area contributed by atoms with Gasteiger partial charge in [-0.1, -0.05) is 32.0 Å². The van der Waals surface area contributed by atoms with Crippen molar-refractivity contribution in [1.82, 2.24) is 5.32 Å². The molecule has 0 aliphatic heterocycles. The quantitative estimate of drug-likeness (QED) is 0.782. The van der Waals surface area contributed by atoms with Crippen molar-refractivity contribution < 1.29 is 8.78 Å². The van der Waals surface area contributed by atoms with Gasteiger partial charge in [0.1, 0.15) is 11.6 Å². The smallest absolute Gasteiger partial charge is 0.148 e. The van der Waals surface area contributed by atoms with Crippen LogP contribution in [0.15, 0.2) is 40.9 Å². The average molecular weight is 340 g/mol. The summed E-state index contributed by atoms with van der Waals surface area (Å²) in [4.78, 5) is 0. The first-order chi connectivity index (χ1) is 9.49. The van der Waals surface area contributed by atoms with Crippen molar-refractivity contribution in [2.24, 2.45) is 0 Å². The van der Waals surface area contributed by atoms with Crippen molar-refractivity contribution in [3.8, 4) is 11.1 Å². The summed E-state index contributed by atoms with van der Waals surface area (Å²) in [5, 5.41) is 3.28. The largest absolute Gasteiger partial charge is 0.310 e. The third-order valence-electron chi connectivity index (χ3n) is 2.97. The van der Waals surface area contributed by atoms with Gasteiger partial charge in [0.05, 0.1) is 10.0 Å². The monoisotopic (exact) mass is 339 g/mol. The third kappa shape index (κ3) is 3.44. The first-order valence-corrected chi connectivity index (χ1v) is 7.24. The highest BCUT2D eigenvalue weighted by atomic mass is 79.9. The van der Waals surface area contributed by atoms with Crippen molar-refractivity contribution in [2.45, 2.75) is 26.4 Å². The van der Waals surface area contributed by atoms with Gasteiger partial charge in [-0.05, 0) is 45.3 Å². The topological polar surface area (TPSA) is 12.0 Å². The van der Waals surface area contributed by atoms with Gasteiger partial charge in [0.15, 0.2) is 0 Å². The van der Waals surface area contributed by atoms with Gasteiger partial charge in [0.25, 0.3) is 0 Å². The molecule has 0 fully saturated rings. The van der Waals surface area contributed by atoms with E-state index >= 15 is 0 Å². The number of benzene rings is 2. The summed E-state index contributed by atoms with van der Waals surface area (Å²) in [6, 6.07) is 10.3. The summed E-state index contributed by atoms with van der Waals surface area (Å²) >= 11 is 3.09. The lowest BCUT2D eigenvalue weighted by molar-refractivity contribution is 0.583. The van der Waals surface area contributed by atoms with Gasteiger partial charge < -0.3 is 5.32 Å². The zero-order valence-corrected chi connectivity index (χ0v) is 13.0. The molecule has 4 heteroatoms. The van der Waals surface area contributed by atoms with Crippen molar-refractivity contribution >= 4 is 15.9 Å². The van der Waals surface area contributed by atoms with E-state index in [0.717, 1.165) is 5.56 Å². The van der Waals surface area contributed by atoms with Crippen LogP contribution in [0.2, 0.25) is 0 Å². The van der Waals surface area contributed by atoms with Crippen LogP contribution in [0.3, 0.4) is 0 Å². The predicted octanol–water partition coefficient (Wildman–Crippen LogP) is 4.89. The van der Waals surface area contributed by atoms with E-state index in [1.165, 1.54) is 12.1 Å². The third-order valence-corrected chi connectivity index (χ3v) is 3.59. The number of hydrogen-bond acceptors (Lipinski definition) is 1. The Bertz CT molecular complexity index is 611. The lowest BCUT2D eigenvalue weighted by atomic mass is 10.0. The van der Waals surface area contributed by atoms with Crippen molar-refractivity contribution in [3.63, 3.8) is 0 Å². The molecule has 0 aliphatic rings. The second-order valence-electron chi connectivity index (χ2n) is 4.95. The summed E-state index contributed by atoms with van der Waals surface area (Å²) in [6.07, 6.45) is 0. The number of halogens is 3. The Hall–Kier alpha value is -1.26. The van der Waals surface area contributed by atoms with E-state index in [1.54, 1.807) is 6.07 Å². The molecule has 2 aromatic rings. The molecule has 0 atom stereocenters. The molecule has 0 radical (unpaired) electrons. The SMILES string of the molecule is CC(C)NCc1cccc(-c2c(F)ccc(Br)c2F)c1.